The summed E-state index contributed by atoms with van der Waals surface area (Å²) >= 11 is 0. The number of aryl methyl sites for hydroxylation is 1. The van der Waals surface area contributed by atoms with E-state index in [0.717, 1.165) is 11.3 Å². The summed E-state index contributed by atoms with van der Waals surface area (Å²) in [5.74, 6) is 0.944. The highest BCUT2D eigenvalue weighted by Crippen LogP contribution is 2.38. The molecule has 2 aliphatic heterocycles. The Morgan fingerprint density at radius 1 is 1.25 bits per heavy atom. The molecule has 0 saturated carbocycles. The van der Waals surface area contributed by atoms with Gasteiger partial charge in [-0.3, -0.25) is 9.69 Å². The molecule has 1 aromatic rings. The number of amides is 3. The summed E-state index contributed by atoms with van der Waals surface area (Å²) < 4.78 is 0. The molecule has 7 heteroatoms. The molecule has 0 aliphatic carbocycles. The highest BCUT2D eigenvalue weighted by Gasteiger charge is 2.57. The highest BCUT2D eigenvalue weighted by atomic mass is 16.2. The van der Waals surface area contributed by atoms with Crippen LogP contribution in [0.4, 0.5) is 10.7 Å². The van der Waals surface area contributed by atoms with Crippen LogP contribution in [-0.2, 0) is 4.79 Å². The second-order valence-corrected chi connectivity index (χ2v) is 8.50. The smallest absolute Gasteiger partial charge is 0.327 e. The average molecular weight is 386 g/mol. The number of rotatable bonds is 5. The molecule has 0 atom stereocenters. The number of imide groups is 1. The van der Waals surface area contributed by atoms with Crippen LogP contribution >= 0.6 is 0 Å². The third-order valence-corrected chi connectivity index (χ3v) is 5.51. The Labute approximate surface area is 167 Å². The van der Waals surface area contributed by atoms with Crippen molar-refractivity contribution in [2.24, 2.45) is 5.92 Å². The zero-order valence-electron chi connectivity index (χ0n) is 17.6. The molecule has 3 heterocycles. The van der Waals surface area contributed by atoms with Crippen molar-refractivity contribution in [3.63, 3.8) is 0 Å². The van der Waals surface area contributed by atoms with Crippen molar-refractivity contribution in [2.75, 3.05) is 31.1 Å². The van der Waals surface area contributed by atoms with E-state index in [4.69, 9.17) is 0 Å². The molecule has 0 radical (unpaired) electrons. The predicted octanol–water partition coefficient (Wildman–Crippen LogP) is 3.01. The van der Waals surface area contributed by atoms with Crippen LogP contribution in [0, 0.1) is 12.8 Å². The summed E-state index contributed by atoms with van der Waals surface area (Å²) in [4.78, 5) is 40.7. The van der Waals surface area contributed by atoms with Crippen LogP contribution in [0.15, 0.2) is 23.9 Å². The van der Waals surface area contributed by atoms with Gasteiger partial charge in [0.05, 0.1) is 0 Å². The molecule has 0 unspecified atom stereocenters. The third kappa shape index (κ3) is 3.75. The maximum atomic E-state index is 13.4. The zero-order chi connectivity index (χ0) is 20.5. The summed E-state index contributed by atoms with van der Waals surface area (Å²) in [5.41, 5.74) is 1.28. The lowest BCUT2D eigenvalue weighted by atomic mass is 9.85. The molecular formula is C21H31N5O2. The van der Waals surface area contributed by atoms with Crippen LogP contribution in [0.1, 0.15) is 46.2 Å². The fourth-order valence-corrected chi connectivity index (χ4v) is 3.98. The first kappa shape index (κ1) is 20.3. The largest absolute Gasteiger partial charge is 0.341 e. The van der Waals surface area contributed by atoms with Gasteiger partial charge in [-0.25, -0.2) is 14.8 Å². The average Bonchev–Trinajstić information content (AvgIpc) is 2.82. The maximum absolute atomic E-state index is 13.4. The van der Waals surface area contributed by atoms with E-state index in [1.807, 2.05) is 37.8 Å². The number of carbonyl (C=O) groups is 2. The van der Waals surface area contributed by atoms with Gasteiger partial charge in [-0.1, -0.05) is 25.5 Å². The molecule has 152 valence electrons. The van der Waals surface area contributed by atoms with E-state index in [2.05, 4.69) is 28.7 Å². The first-order valence-corrected chi connectivity index (χ1v) is 10.1. The predicted molar refractivity (Wildman–Crippen MR) is 109 cm³/mol. The molecule has 2 fully saturated rings. The summed E-state index contributed by atoms with van der Waals surface area (Å²) in [5, 5.41) is 0. The van der Waals surface area contributed by atoms with Crippen LogP contribution in [0.5, 0.6) is 0 Å². The van der Waals surface area contributed by atoms with Gasteiger partial charge in [-0.2, -0.15) is 0 Å². The number of hydrogen-bond donors (Lipinski definition) is 0. The lowest BCUT2D eigenvalue weighted by Gasteiger charge is -2.42. The van der Waals surface area contributed by atoms with E-state index >= 15 is 0 Å². The number of anilines is 1. The van der Waals surface area contributed by atoms with Crippen LogP contribution in [-0.4, -0.2) is 63.4 Å². The standard InChI is InChI=1S/C21H31N5O2/c1-15(2)7-11-25-18(27)21(26(20(25)28)14-16(3)4)8-12-24(13-9-21)19-22-10-6-17(5)23-19/h6-7,10,16H,8-9,11-14H2,1-5H3. The van der Waals surface area contributed by atoms with Crippen LogP contribution in [0.3, 0.4) is 0 Å². The molecule has 28 heavy (non-hydrogen) atoms. The van der Waals surface area contributed by atoms with E-state index in [1.54, 1.807) is 6.20 Å². The lowest BCUT2D eigenvalue weighted by Crippen LogP contribution is -2.57. The molecule has 2 aliphatic rings. The first-order valence-electron chi connectivity index (χ1n) is 10.1. The number of hydrogen-bond acceptors (Lipinski definition) is 5. The van der Waals surface area contributed by atoms with Crippen molar-refractivity contribution in [3.05, 3.63) is 29.6 Å². The Balaban J connectivity index is 1.84. The van der Waals surface area contributed by atoms with Gasteiger partial charge in [0.2, 0.25) is 5.95 Å². The van der Waals surface area contributed by atoms with E-state index < -0.39 is 5.54 Å². The maximum Gasteiger partial charge on any atom is 0.327 e. The van der Waals surface area contributed by atoms with Gasteiger partial charge in [-0.05, 0) is 45.6 Å². The molecule has 1 spiro atoms. The van der Waals surface area contributed by atoms with Crippen molar-refractivity contribution in [1.82, 2.24) is 19.8 Å². The second kappa shape index (κ2) is 7.89. The fourth-order valence-electron chi connectivity index (χ4n) is 3.98. The Bertz CT molecular complexity index is 777. The third-order valence-electron chi connectivity index (χ3n) is 5.51. The summed E-state index contributed by atoms with van der Waals surface area (Å²) in [6.45, 7) is 12.3. The van der Waals surface area contributed by atoms with Gasteiger partial charge in [0.1, 0.15) is 5.54 Å². The van der Waals surface area contributed by atoms with Crippen molar-refractivity contribution in [2.45, 2.75) is 53.0 Å². The van der Waals surface area contributed by atoms with Gasteiger partial charge in [0.15, 0.2) is 0 Å². The lowest BCUT2D eigenvalue weighted by molar-refractivity contribution is -0.134. The van der Waals surface area contributed by atoms with E-state index in [1.165, 1.54) is 4.90 Å². The Morgan fingerprint density at radius 3 is 2.50 bits per heavy atom. The molecular weight excluding hydrogens is 354 g/mol. The normalized spacial score (nSPS) is 19.1. The summed E-state index contributed by atoms with van der Waals surface area (Å²) in [6, 6.07) is 1.72. The quantitative estimate of drug-likeness (QED) is 0.576. The SMILES string of the molecule is CC(C)=CCN1C(=O)N(CC(C)C)C2(CCN(c3nccc(C)n3)CC2)C1=O. The number of aromatic nitrogens is 2. The molecule has 1 aromatic heterocycles. The van der Waals surface area contributed by atoms with Gasteiger partial charge < -0.3 is 9.80 Å². The van der Waals surface area contributed by atoms with Gasteiger partial charge in [-0.15, -0.1) is 0 Å². The number of nitrogens with zero attached hydrogens (tertiary/aromatic N) is 5. The van der Waals surface area contributed by atoms with E-state index in [9.17, 15) is 9.59 Å². The number of carbonyl (C=O) groups excluding carboxylic acids is 2. The molecule has 3 amide bonds. The molecule has 0 bridgehead atoms. The minimum absolute atomic E-state index is 0.0551. The minimum atomic E-state index is -0.739. The number of piperidine rings is 1. The van der Waals surface area contributed by atoms with Crippen LogP contribution < -0.4 is 4.90 Å². The molecule has 0 N–H and O–H groups in total. The molecule has 0 aromatic carbocycles. The topological polar surface area (TPSA) is 69.6 Å². The van der Waals surface area contributed by atoms with Crippen molar-refractivity contribution >= 4 is 17.9 Å². The minimum Gasteiger partial charge on any atom is -0.341 e. The monoisotopic (exact) mass is 385 g/mol. The Hall–Kier alpha value is -2.44. The van der Waals surface area contributed by atoms with Crippen molar-refractivity contribution in [1.29, 1.82) is 0 Å². The van der Waals surface area contributed by atoms with Crippen molar-refractivity contribution < 1.29 is 9.59 Å². The van der Waals surface area contributed by atoms with Crippen LogP contribution in [0.25, 0.3) is 0 Å². The Kier molecular flexibility index (Phi) is 5.72. The molecule has 7 nitrogen and oxygen atoms in total. The summed E-state index contributed by atoms with van der Waals surface area (Å²) in [7, 11) is 0. The number of allylic oxidation sites excluding steroid dienone is 1. The number of urea groups is 1. The highest BCUT2D eigenvalue weighted by molar-refractivity contribution is 6.07. The van der Waals surface area contributed by atoms with Gasteiger partial charge in [0.25, 0.3) is 5.91 Å². The molecule has 2 saturated heterocycles. The van der Waals surface area contributed by atoms with E-state index in [0.29, 0.717) is 50.9 Å². The zero-order valence-corrected chi connectivity index (χ0v) is 17.6. The van der Waals surface area contributed by atoms with Gasteiger partial charge in [0, 0.05) is 38.1 Å². The van der Waals surface area contributed by atoms with E-state index in [-0.39, 0.29) is 11.9 Å². The summed E-state index contributed by atoms with van der Waals surface area (Å²) in [6.07, 6.45) is 4.91. The molecule has 3 rings (SSSR count). The van der Waals surface area contributed by atoms with Crippen LogP contribution in [0.2, 0.25) is 0 Å². The van der Waals surface area contributed by atoms with Crippen molar-refractivity contribution in [3.8, 4) is 0 Å². The second-order valence-electron chi connectivity index (χ2n) is 8.50. The fraction of sp³-hybridized carbons (Fsp3) is 0.619. The first-order chi connectivity index (χ1) is 13.2. The Morgan fingerprint density at radius 2 is 1.93 bits per heavy atom. The van der Waals surface area contributed by atoms with Gasteiger partial charge >= 0.3 is 6.03 Å².